The van der Waals surface area contributed by atoms with E-state index in [1.54, 1.807) is 129 Å². The molecule has 9 rings (SSSR count). The minimum atomic E-state index is -1.34. The van der Waals surface area contributed by atoms with Gasteiger partial charge in [0.05, 0.1) is 77.2 Å². The van der Waals surface area contributed by atoms with Crippen LogP contribution in [0.25, 0.3) is 0 Å². The molecule has 6 aromatic carbocycles. The summed E-state index contributed by atoms with van der Waals surface area (Å²) in [6.07, 6.45) is -6.99. The maximum Gasteiger partial charge on any atom is 0.161 e. The van der Waals surface area contributed by atoms with Crippen LogP contribution in [-0.2, 0) is 6.42 Å². The van der Waals surface area contributed by atoms with E-state index in [0.29, 0.717) is 114 Å². The van der Waals surface area contributed by atoms with Gasteiger partial charge in [-0.15, -0.1) is 0 Å². The summed E-state index contributed by atoms with van der Waals surface area (Å²) in [5.74, 6) is 3.44. The monoisotopic (exact) mass is 974 g/mol. The SMILES string of the molecule is COc1ccc([C@H]2c3c4c(c5c(c3O[C@H](c3ccc(OC)c(OC)c3)[C@H]2O)[C@@H](c2ccc(OC)cc2OC)[C@H](O)[C@H](c2ccc(OC)c(OC)c2)O5)C[C@H](O)[C@@H](c2ccc(OC)c(OC)c2)O4)c(OC)c1. The van der Waals surface area contributed by atoms with Crippen LogP contribution in [0, 0.1) is 0 Å². The van der Waals surface area contributed by atoms with Crippen molar-refractivity contribution in [3.63, 3.8) is 0 Å². The van der Waals surface area contributed by atoms with Gasteiger partial charge in [0, 0.05) is 58.2 Å². The lowest BCUT2D eigenvalue weighted by molar-refractivity contribution is -0.0171. The van der Waals surface area contributed by atoms with Gasteiger partial charge in [0.15, 0.2) is 46.7 Å². The average molecular weight is 975 g/mol. The molecule has 16 nitrogen and oxygen atoms in total. The van der Waals surface area contributed by atoms with Crippen molar-refractivity contribution < 1.29 is 76.9 Å². The van der Waals surface area contributed by atoms with E-state index in [1.165, 1.54) is 21.3 Å². The third-order valence-corrected chi connectivity index (χ3v) is 13.7. The summed E-state index contributed by atoms with van der Waals surface area (Å²) >= 11 is 0. The molecule has 0 radical (unpaired) electrons. The van der Waals surface area contributed by atoms with Crippen LogP contribution in [0.3, 0.4) is 0 Å². The van der Waals surface area contributed by atoms with Gasteiger partial charge in [0.25, 0.3) is 0 Å². The highest BCUT2D eigenvalue weighted by atomic mass is 16.5. The zero-order valence-corrected chi connectivity index (χ0v) is 41.1. The van der Waals surface area contributed by atoms with Crippen molar-refractivity contribution in [3.8, 4) is 74.7 Å². The first-order valence-corrected chi connectivity index (χ1v) is 22.9. The number of aliphatic hydroxyl groups excluding tert-OH is 3. The Balaban J connectivity index is 1.40. The number of methoxy groups -OCH3 is 10. The zero-order chi connectivity index (χ0) is 50.2. The Bertz CT molecular complexity index is 2830. The van der Waals surface area contributed by atoms with Crippen molar-refractivity contribution in [1.29, 1.82) is 0 Å². The summed E-state index contributed by atoms with van der Waals surface area (Å²) in [7, 11) is 15.4. The van der Waals surface area contributed by atoms with Gasteiger partial charge in [-0.3, -0.25) is 0 Å². The molecule has 3 N–H and O–H groups in total. The zero-order valence-electron chi connectivity index (χ0n) is 41.1. The molecule has 0 saturated heterocycles. The summed E-state index contributed by atoms with van der Waals surface area (Å²) in [5, 5.41) is 38.8. The van der Waals surface area contributed by atoms with Gasteiger partial charge in [-0.05, 0) is 65.2 Å². The minimum absolute atomic E-state index is 0.00710. The van der Waals surface area contributed by atoms with E-state index < -0.39 is 48.5 Å². The van der Waals surface area contributed by atoms with E-state index in [-0.39, 0.29) is 12.2 Å². The fraction of sp³-hybridized carbons (Fsp3) is 0.345. The molecule has 3 heterocycles. The molecule has 0 fully saturated rings. The molecule has 0 saturated carbocycles. The first-order valence-electron chi connectivity index (χ1n) is 22.9. The topological polar surface area (TPSA) is 181 Å². The highest BCUT2D eigenvalue weighted by molar-refractivity contribution is 5.72. The Morgan fingerprint density at radius 2 is 0.718 bits per heavy atom. The second-order valence-electron chi connectivity index (χ2n) is 17.2. The molecular weight excluding hydrogens is 917 g/mol. The number of hydrogen-bond acceptors (Lipinski definition) is 16. The van der Waals surface area contributed by atoms with E-state index in [1.807, 2.05) is 12.1 Å². The second-order valence-corrected chi connectivity index (χ2v) is 17.2. The van der Waals surface area contributed by atoms with Crippen LogP contribution in [0.1, 0.15) is 74.7 Å². The first-order chi connectivity index (χ1) is 34.5. The van der Waals surface area contributed by atoms with E-state index in [4.69, 9.17) is 61.6 Å². The molecule has 0 aromatic heterocycles. The minimum Gasteiger partial charge on any atom is -0.497 e. The number of fused-ring (bicyclic) bond motifs is 6. The largest absolute Gasteiger partial charge is 0.497 e. The molecular formula is C55H58O16. The maximum absolute atomic E-state index is 13.2. The summed E-state index contributed by atoms with van der Waals surface area (Å²) in [6.45, 7) is 0. The third kappa shape index (κ3) is 8.38. The molecule has 3 aliphatic heterocycles. The second kappa shape index (κ2) is 20.1. The van der Waals surface area contributed by atoms with Crippen molar-refractivity contribution in [3.05, 3.63) is 136 Å². The molecule has 3 aliphatic rings. The van der Waals surface area contributed by atoms with E-state index >= 15 is 0 Å². The number of benzene rings is 6. The van der Waals surface area contributed by atoms with Gasteiger partial charge in [0.1, 0.15) is 58.6 Å². The molecule has 16 heteroatoms. The van der Waals surface area contributed by atoms with Gasteiger partial charge in [-0.1, -0.05) is 30.3 Å². The normalized spacial score (nSPS) is 21.9. The molecule has 0 aliphatic carbocycles. The molecule has 0 bridgehead atoms. The highest BCUT2D eigenvalue weighted by Crippen LogP contribution is 2.64. The lowest BCUT2D eigenvalue weighted by Crippen LogP contribution is -2.41. The Hall–Kier alpha value is -7.40. The fourth-order valence-electron chi connectivity index (χ4n) is 10.3. The van der Waals surface area contributed by atoms with Crippen molar-refractivity contribution in [2.24, 2.45) is 0 Å². The highest BCUT2D eigenvalue weighted by Gasteiger charge is 2.52. The number of ether oxygens (including phenoxy) is 13. The molecule has 0 spiro atoms. The summed E-state index contributed by atoms with van der Waals surface area (Å²) in [5.41, 5.74) is 4.13. The smallest absolute Gasteiger partial charge is 0.161 e. The lowest BCUT2D eigenvalue weighted by atomic mass is 9.72. The summed E-state index contributed by atoms with van der Waals surface area (Å²) < 4.78 is 79.2. The third-order valence-electron chi connectivity index (χ3n) is 13.7. The van der Waals surface area contributed by atoms with E-state index in [9.17, 15) is 15.3 Å². The van der Waals surface area contributed by atoms with Gasteiger partial charge in [-0.25, -0.2) is 0 Å². The van der Waals surface area contributed by atoms with Crippen LogP contribution in [-0.4, -0.2) is 105 Å². The van der Waals surface area contributed by atoms with Gasteiger partial charge in [-0.2, -0.15) is 0 Å². The quantitative estimate of drug-likeness (QED) is 0.0898. The summed E-state index contributed by atoms with van der Waals surface area (Å²) in [4.78, 5) is 0. The number of aliphatic hydroxyl groups is 3. The van der Waals surface area contributed by atoms with E-state index in [2.05, 4.69) is 0 Å². The van der Waals surface area contributed by atoms with Crippen LogP contribution in [0.15, 0.2) is 91.0 Å². The fourth-order valence-corrected chi connectivity index (χ4v) is 10.3. The van der Waals surface area contributed by atoms with Crippen LogP contribution < -0.4 is 61.6 Å². The van der Waals surface area contributed by atoms with E-state index in [0.717, 1.165) is 0 Å². The van der Waals surface area contributed by atoms with Crippen LogP contribution in [0.4, 0.5) is 0 Å². The maximum atomic E-state index is 13.2. The van der Waals surface area contributed by atoms with Gasteiger partial charge in [0.2, 0.25) is 0 Å². The molecule has 0 unspecified atom stereocenters. The van der Waals surface area contributed by atoms with Crippen molar-refractivity contribution >= 4 is 0 Å². The van der Waals surface area contributed by atoms with Crippen LogP contribution in [0.2, 0.25) is 0 Å². The molecule has 6 aromatic rings. The molecule has 8 atom stereocenters. The lowest BCUT2D eigenvalue weighted by Gasteiger charge is -2.46. The standard InChI is InChI=1S/C55H58O16/c1-59-30-14-16-32(39(24-30)64-6)44-46-53-34(26-35(56)50(69-53)27-11-18-36(61-3)41(21-27)66-8)54-47(55(46)71-52(49(44)58)29-13-20-38(63-5)43(23-29)68-10)45(33-17-15-31(60-2)25-40(33)65-7)48(57)51(70-54)28-12-19-37(62-4)42(22-28)67-9/h11-25,35,44-45,48-52,56-58H,26H2,1-10H3/t35-,44-,45+,48-,49-,50+,51-,52+/m0/s1. The number of rotatable bonds is 15. The molecule has 0 amide bonds. The number of hydrogen-bond donors (Lipinski definition) is 3. The van der Waals surface area contributed by atoms with Gasteiger partial charge < -0.3 is 76.9 Å². The Kier molecular flexibility index (Phi) is 13.8. The molecule has 374 valence electrons. The predicted octanol–water partition coefficient (Wildman–Crippen LogP) is 8.06. The first kappa shape index (κ1) is 48.6. The van der Waals surface area contributed by atoms with Crippen LogP contribution in [0.5, 0.6) is 74.7 Å². The van der Waals surface area contributed by atoms with Crippen molar-refractivity contribution in [1.82, 2.24) is 0 Å². The summed E-state index contributed by atoms with van der Waals surface area (Å²) in [6, 6.07) is 26.7. The van der Waals surface area contributed by atoms with Crippen molar-refractivity contribution in [2.45, 2.75) is 54.9 Å². The Morgan fingerprint density at radius 3 is 1.08 bits per heavy atom. The predicted molar refractivity (Wildman–Crippen MR) is 260 cm³/mol. The van der Waals surface area contributed by atoms with Crippen LogP contribution >= 0.6 is 0 Å². The van der Waals surface area contributed by atoms with Crippen molar-refractivity contribution in [2.75, 3.05) is 71.1 Å². The van der Waals surface area contributed by atoms with Gasteiger partial charge >= 0.3 is 0 Å². The Labute approximate surface area is 411 Å². The molecule has 71 heavy (non-hydrogen) atoms. The average Bonchev–Trinajstić information content (AvgIpc) is 3.41. The Morgan fingerprint density at radius 1 is 0.366 bits per heavy atom.